The molecule has 0 spiro atoms. The molecule has 1 fully saturated rings. The topological polar surface area (TPSA) is 62.1 Å². The first-order valence-electron chi connectivity index (χ1n) is 4.83. The minimum absolute atomic E-state index is 0.0155. The Morgan fingerprint density at radius 1 is 1.56 bits per heavy atom. The molecule has 1 aliphatic rings. The Morgan fingerprint density at radius 2 is 2.38 bits per heavy atom. The average Bonchev–Trinajstić information content (AvgIpc) is 2.29. The molecule has 0 aliphatic carbocycles. The second-order valence-corrected chi connectivity index (χ2v) is 3.47. The molecular weight excluding hydrogens is 211 g/mol. The van der Waals surface area contributed by atoms with E-state index in [0.29, 0.717) is 13.0 Å². The van der Waals surface area contributed by atoms with Gasteiger partial charge in [-0.25, -0.2) is 9.18 Å². The van der Waals surface area contributed by atoms with Crippen LogP contribution in [0.25, 0.3) is 0 Å². The van der Waals surface area contributed by atoms with E-state index in [1.165, 1.54) is 12.1 Å². The number of carbonyl (C=O) groups excluding carboxylic acids is 1. The van der Waals surface area contributed by atoms with E-state index < -0.39 is 11.9 Å². The summed E-state index contributed by atoms with van der Waals surface area (Å²) >= 11 is 0. The fourth-order valence-corrected chi connectivity index (χ4v) is 1.62. The first-order chi connectivity index (χ1) is 7.70. The number of hydrogen-bond acceptors (Lipinski definition) is 3. The van der Waals surface area contributed by atoms with Crippen LogP contribution in [0.3, 0.4) is 0 Å². The third kappa shape index (κ3) is 1.96. The third-order valence-corrected chi connectivity index (χ3v) is 2.45. The summed E-state index contributed by atoms with van der Waals surface area (Å²) in [5, 5.41) is 11.3. The molecular formula is C11H9FN2O2. The Labute approximate surface area is 91.6 Å². The molecule has 0 aromatic heterocycles. The molecule has 16 heavy (non-hydrogen) atoms. The van der Waals surface area contributed by atoms with Crippen LogP contribution in [0.2, 0.25) is 0 Å². The summed E-state index contributed by atoms with van der Waals surface area (Å²) in [5.74, 6) is -0.551. The number of nitriles is 1. The summed E-state index contributed by atoms with van der Waals surface area (Å²) in [6.07, 6.45) is 0.126. The lowest BCUT2D eigenvalue weighted by Gasteiger charge is -2.23. The molecule has 1 N–H and O–H groups in total. The van der Waals surface area contributed by atoms with E-state index >= 15 is 0 Å². The van der Waals surface area contributed by atoms with Crippen molar-refractivity contribution in [3.63, 3.8) is 0 Å². The van der Waals surface area contributed by atoms with Crippen LogP contribution in [0.5, 0.6) is 0 Å². The Kier molecular flexibility index (Phi) is 2.73. The summed E-state index contributed by atoms with van der Waals surface area (Å²) in [4.78, 5) is 11.0. The van der Waals surface area contributed by atoms with Crippen molar-refractivity contribution in [2.75, 3.05) is 6.61 Å². The van der Waals surface area contributed by atoms with Gasteiger partial charge in [0, 0.05) is 6.42 Å². The molecule has 2 rings (SSSR count). The maximum absolute atomic E-state index is 13.1. The molecule has 1 saturated heterocycles. The average molecular weight is 220 g/mol. The highest BCUT2D eigenvalue weighted by molar-refractivity contribution is 5.68. The maximum Gasteiger partial charge on any atom is 0.407 e. The van der Waals surface area contributed by atoms with Gasteiger partial charge in [-0.3, -0.25) is 0 Å². The smallest absolute Gasteiger partial charge is 0.407 e. The highest BCUT2D eigenvalue weighted by Crippen LogP contribution is 2.22. The lowest BCUT2D eigenvalue weighted by Crippen LogP contribution is -2.35. The highest BCUT2D eigenvalue weighted by atomic mass is 19.1. The zero-order valence-corrected chi connectivity index (χ0v) is 8.37. The second-order valence-electron chi connectivity index (χ2n) is 3.47. The van der Waals surface area contributed by atoms with E-state index in [9.17, 15) is 9.18 Å². The van der Waals surface area contributed by atoms with Crippen LogP contribution < -0.4 is 5.32 Å². The molecule has 4 nitrogen and oxygen atoms in total. The number of rotatable bonds is 1. The number of carbonyl (C=O) groups is 1. The van der Waals surface area contributed by atoms with E-state index in [0.717, 1.165) is 5.56 Å². The van der Waals surface area contributed by atoms with Gasteiger partial charge in [0.2, 0.25) is 0 Å². The van der Waals surface area contributed by atoms with Gasteiger partial charge in [0.15, 0.2) is 0 Å². The van der Waals surface area contributed by atoms with Gasteiger partial charge in [-0.1, -0.05) is 6.07 Å². The Balaban J connectivity index is 2.27. The Morgan fingerprint density at radius 3 is 3.06 bits per heavy atom. The van der Waals surface area contributed by atoms with Crippen molar-refractivity contribution in [3.05, 3.63) is 35.1 Å². The van der Waals surface area contributed by atoms with Crippen LogP contribution in [0, 0.1) is 17.1 Å². The normalized spacial score (nSPS) is 19.5. The van der Waals surface area contributed by atoms with E-state index in [1.54, 1.807) is 12.1 Å². The summed E-state index contributed by atoms with van der Waals surface area (Å²) in [5.41, 5.74) is 0.702. The number of ether oxygens (including phenoxy) is 1. The molecule has 1 aromatic rings. The molecule has 1 aliphatic heterocycles. The minimum Gasteiger partial charge on any atom is -0.449 e. The summed E-state index contributed by atoms with van der Waals surface area (Å²) < 4.78 is 17.8. The number of alkyl carbamates (subject to hydrolysis) is 1. The SMILES string of the molecule is N#Cc1cc([C@@H]2CCOC(=O)N2)ccc1F. The van der Waals surface area contributed by atoms with Gasteiger partial charge in [0.05, 0.1) is 18.2 Å². The van der Waals surface area contributed by atoms with Crippen LogP contribution in [0.4, 0.5) is 9.18 Å². The first kappa shape index (κ1) is 10.4. The Hall–Kier alpha value is -2.09. The monoisotopic (exact) mass is 220 g/mol. The number of halogens is 1. The van der Waals surface area contributed by atoms with Crippen molar-refractivity contribution < 1.29 is 13.9 Å². The number of nitrogens with zero attached hydrogens (tertiary/aromatic N) is 1. The van der Waals surface area contributed by atoms with Crippen LogP contribution in [-0.4, -0.2) is 12.7 Å². The van der Waals surface area contributed by atoms with E-state index in [-0.39, 0.29) is 11.6 Å². The molecule has 0 saturated carbocycles. The van der Waals surface area contributed by atoms with Gasteiger partial charge in [0.25, 0.3) is 0 Å². The number of cyclic esters (lactones) is 1. The molecule has 1 amide bonds. The summed E-state index contributed by atoms with van der Waals surface area (Å²) in [6.45, 7) is 0.329. The van der Waals surface area contributed by atoms with Crippen molar-refractivity contribution in [2.24, 2.45) is 0 Å². The maximum atomic E-state index is 13.1. The Bertz CT molecular complexity index is 468. The number of amides is 1. The zero-order chi connectivity index (χ0) is 11.5. The van der Waals surface area contributed by atoms with Crippen molar-refractivity contribution in [1.29, 1.82) is 5.26 Å². The van der Waals surface area contributed by atoms with Crippen molar-refractivity contribution in [2.45, 2.75) is 12.5 Å². The van der Waals surface area contributed by atoms with E-state index in [4.69, 9.17) is 10.00 Å². The molecule has 82 valence electrons. The van der Waals surface area contributed by atoms with Gasteiger partial charge in [-0.05, 0) is 17.7 Å². The highest BCUT2D eigenvalue weighted by Gasteiger charge is 2.21. The lowest BCUT2D eigenvalue weighted by atomic mass is 10.0. The van der Waals surface area contributed by atoms with Gasteiger partial charge in [-0.15, -0.1) is 0 Å². The molecule has 1 aromatic carbocycles. The van der Waals surface area contributed by atoms with Crippen molar-refractivity contribution >= 4 is 6.09 Å². The van der Waals surface area contributed by atoms with Crippen LogP contribution in [-0.2, 0) is 4.74 Å². The molecule has 1 heterocycles. The molecule has 5 heteroatoms. The number of nitrogens with one attached hydrogen (secondary N) is 1. The minimum atomic E-state index is -0.551. The second kappa shape index (κ2) is 4.19. The quantitative estimate of drug-likeness (QED) is 0.785. The van der Waals surface area contributed by atoms with Crippen molar-refractivity contribution in [1.82, 2.24) is 5.32 Å². The molecule has 0 bridgehead atoms. The van der Waals surface area contributed by atoms with Gasteiger partial charge >= 0.3 is 6.09 Å². The fourth-order valence-electron chi connectivity index (χ4n) is 1.62. The van der Waals surface area contributed by atoms with Crippen LogP contribution in [0.15, 0.2) is 18.2 Å². The zero-order valence-electron chi connectivity index (χ0n) is 8.37. The molecule has 0 unspecified atom stereocenters. The predicted octanol–water partition coefficient (Wildman–Crippen LogP) is 1.87. The van der Waals surface area contributed by atoms with Crippen LogP contribution >= 0.6 is 0 Å². The number of benzene rings is 1. The largest absolute Gasteiger partial charge is 0.449 e. The van der Waals surface area contributed by atoms with Gasteiger partial charge in [0.1, 0.15) is 11.9 Å². The van der Waals surface area contributed by atoms with Gasteiger partial charge < -0.3 is 10.1 Å². The van der Waals surface area contributed by atoms with E-state index in [2.05, 4.69) is 5.32 Å². The standard InChI is InChI=1S/C11H9FN2O2/c12-9-2-1-7(5-8(9)6-13)10-3-4-16-11(15)14-10/h1-2,5,10H,3-4H2,(H,14,15)/t10-/m0/s1. The number of hydrogen-bond donors (Lipinski definition) is 1. The lowest BCUT2D eigenvalue weighted by molar-refractivity contribution is 0.115. The van der Waals surface area contributed by atoms with Crippen molar-refractivity contribution in [3.8, 4) is 6.07 Å². The third-order valence-electron chi connectivity index (χ3n) is 2.45. The van der Waals surface area contributed by atoms with Crippen LogP contribution in [0.1, 0.15) is 23.6 Å². The summed E-state index contributed by atoms with van der Waals surface area (Å²) in [6, 6.07) is 5.80. The first-order valence-corrected chi connectivity index (χ1v) is 4.83. The summed E-state index contributed by atoms with van der Waals surface area (Å²) in [7, 11) is 0. The molecule has 1 atom stereocenters. The molecule has 0 radical (unpaired) electrons. The van der Waals surface area contributed by atoms with E-state index in [1.807, 2.05) is 0 Å². The fraction of sp³-hybridized carbons (Fsp3) is 0.273. The predicted molar refractivity (Wildman–Crippen MR) is 53.0 cm³/mol. The van der Waals surface area contributed by atoms with Gasteiger partial charge in [-0.2, -0.15) is 5.26 Å².